The Morgan fingerprint density at radius 1 is 1.23 bits per heavy atom. The fourth-order valence-corrected chi connectivity index (χ4v) is 4.09. The summed E-state index contributed by atoms with van der Waals surface area (Å²) in [4.78, 5) is 25.7. The van der Waals surface area contributed by atoms with E-state index in [1.54, 1.807) is 30.3 Å². The van der Waals surface area contributed by atoms with Gasteiger partial charge in [-0.05, 0) is 50.1 Å². The van der Waals surface area contributed by atoms with Crippen LogP contribution < -0.4 is 51.0 Å². The van der Waals surface area contributed by atoms with Gasteiger partial charge in [0.25, 0.3) is 5.56 Å². The van der Waals surface area contributed by atoms with Crippen LogP contribution in [-0.2, 0) is 0 Å². The van der Waals surface area contributed by atoms with Crippen LogP contribution in [0.25, 0.3) is 5.69 Å². The smallest absolute Gasteiger partial charge is 1.00 e. The van der Waals surface area contributed by atoms with Crippen LogP contribution in [0.4, 0.5) is 0 Å². The van der Waals surface area contributed by atoms with Crippen LogP contribution in [0.1, 0.15) is 24.5 Å². The van der Waals surface area contributed by atoms with Gasteiger partial charge in [0, 0.05) is 11.1 Å². The number of ether oxygens (including phenoxy) is 1. The first-order chi connectivity index (χ1) is 14.4. The van der Waals surface area contributed by atoms with E-state index in [2.05, 4.69) is 47.5 Å². The van der Waals surface area contributed by atoms with Crippen molar-refractivity contribution in [1.29, 1.82) is 5.26 Å². The summed E-state index contributed by atoms with van der Waals surface area (Å²) in [5, 5.41) is 26.9. The summed E-state index contributed by atoms with van der Waals surface area (Å²) in [6.07, 6.45) is -0.949. The number of hydrogen-bond acceptors (Lipinski definition) is 8. The van der Waals surface area contributed by atoms with Crippen LogP contribution in [0.5, 0.6) is 5.75 Å². The summed E-state index contributed by atoms with van der Waals surface area (Å²) in [5.41, 5.74) is 1.98. The van der Waals surface area contributed by atoms with Crippen LogP contribution in [0.3, 0.4) is 0 Å². The molecule has 1 aliphatic heterocycles. The molecule has 10 nitrogen and oxygen atoms in total. The molecule has 152 valence electrons. The molecule has 3 N–H and O–H groups in total. The number of fused-ring (bicyclic) bond motifs is 1. The molecule has 0 bridgehead atoms. The van der Waals surface area contributed by atoms with E-state index in [1.165, 1.54) is 12.1 Å². The molecular weight excluding hydrogens is 547 g/mol. The molecule has 0 saturated heterocycles. The SMILES string of the molecule is N#Cc1nn(-c2cc(Br)c(OC3=NNC(O)c4ccccc43)c(Br)c2)c(=O)[nH]c1=O.[H-].[Na+]. The minimum atomic E-state index is -0.949. The Kier molecular flexibility index (Phi) is 7.15. The number of benzene rings is 2. The molecule has 2 aromatic carbocycles. The fraction of sp³-hybridized carbons (Fsp3) is 0.0556. The molecule has 0 radical (unpaired) electrons. The van der Waals surface area contributed by atoms with Crippen molar-refractivity contribution >= 4 is 37.8 Å². The van der Waals surface area contributed by atoms with E-state index in [0.717, 1.165) is 4.68 Å². The molecule has 1 unspecified atom stereocenters. The number of hydrogen-bond donors (Lipinski definition) is 3. The first-order valence-corrected chi connectivity index (χ1v) is 9.89. The van der Waals surface area contributed by atoms with Crippen molar-refractivity contribution in [2.75, 3.05) is 0 Å². The second kappa shape index (κ2) is 9.47. The molecule has 0 spiro atoms. The van der Waals surface area contributed by atoms with Crippen LogP contribution in [0.2, 0.25) is 0 Å². The van der Waals surface area contributed by atoms with Gasteiger partial charge in [0.15, 0.2) is 12.0 Å². The zero-order chi connectivity index (χ0) is 21.4. The van der Waals surface area contributed by atoms with E-state index in [1.807, 2.05) is 4.98 Å². The van der Waals surface area contributed by atoms with E-state index in [0.29, 0.717) is 25.8 Å². The van der Waals surface area contributed by atoms with Gasteiger partial charge in [0.05, 0.1) is 14.6 Å². The quantitative estimate of drug-likeness (QED) is 0.334. The monoisotopic (exact) mass is 556 g/mol. The average Bonchev–Trinajstić information content (AvgIpc) is 2.72. The number of H-pyrrole nitrogens is 1. The van der Waals surface area contributed by atoms with Crippen LogP contribution in [0, 0.1) is 11.3 Å². The Labute approximate surface area is 214 Å². The minimum absolute atomic E-state index is 0. The number of aliphatic hydroxyl groups excluding tert-OH is 1. The van der Waals surface area contributed by atoms with Crippen molar-refractivity contribution in [2.24, 2.45) is 5.10 Å². The van der Waals surface area contributed by atoms with Gasteiger partial charge in [-0.1, -0.05) is 18.2 Å². The van der Waals surface area contributed by atoms with Gasteiger partial charge < -0.3 is 11.3 Å². The molecule has 1 aliphatic rings. The average molecular weight is 558 g/mol. The number of aliphatic hydroxyl groups is 1. The van der Waals surface area contributed by atoms with Gasteiger partial charge in [-0.25, -0.2) is 4.79 Å². The van der Waals surface area contributed by atoms with E-state index in [-0.39, 0.29) is 42.6 Å². The molecule has 31 heavy (non-hydrogen) atoms. The molecule has 0 aliphatic carbocycles. The second-order valence-electron chi connectivity index (χ2n) is 6.01. The molecule has 4 rings (SSSR count). The summed E-state index contributed by atoms with van der Waals surface area (Å²) in [7, 11) is 0. The third-order valence-corrected chi connectivity index (χ3v) is 5.31. The summed E-state index contributed by atoms with van der Waals surface area (Å²) in [5.74, 6) is 0.583. The molecule has 0 saturated carbocycles. The number of nitrogens with zero attached hydrogens (tertiary/aromatic N) is 4. The number of aromatic amines is 1. The van der Waals surface area contributed by atoms with Crippen molar-refractivity contribution in [3.8, 4) is 17.5 Å². The van der Waals surface area contributed by atoms with Crippen LogP contribution in [-0.4, -0.2) is 25.8 Å². The van der Waals surface area contributed by atoms with Crippen LogP contribution in [0.15, 0.2) is 60.0 Å². The van der Waals surface area contributed by atoms with Crippen molar-refractivity contribution in [3.05, 3.63) is 83.0 Å². The van der Waals surface area contributed by atoms with E-state index < -0.39 is 23.2 Å². The number of aromatic nitrogens is 3. The minimum Gasteiger partial charge on any atom is -1.00 e. The zero-order valence-electron chi connectivity index (χ0n) is 16.8. The van der Waals surface area contributed by atoms with Crippen molar-refractivity contribution < 1.29 is 40.8 Å². The largest absolute Gasteiger partial charge is 1.00 e. The molecule has 1 aromatic heterocycles. The summed E-state index contributed by atoms with van der Waals surface area (Å²) >= 11 is 6.78. The molecule has 13 heteroatoms. The molecule has 3 aromatic rings. The fourth-order valence-electron chi connectivity index (χ4n) is 2.77. The normalized spacial score (nSPS) is 14.4. The summed E-state index contributed by atoms with van der Waals surface area (Å²) in [6.45, 7) is 0. The van der Waals surface area contributed by atoms with Gasteiger partial charge in [0.1, 0.15) is 6.07 Å². The van der Waals surface area contributed by atoms with Gasteiger partial charge >= 0.3 is 35.2 Å². The maximum atomic E-state index is 12.1. The van der Waals surface area contributed by atoms with Crippen molar-refractivity contribution in [3.63, 3.8) is 0 Å². The van der Waals surface area contributed by atoms with Crippen molar-refractivity contribution in [2.45, 2.75) is 6.23 Å². The maximum absolute atomic E-state index is 12.1. The topological polar surface area (TPSA) is 145 Å². The predicted octanol–water partition coefficient (Wildman–Crippen LogP) is -1.23. The van der Waals surface area contributed by atoms with E-state index in [4.69, 9.17) is 10.00 Å². The molecular formula is C18H11Br2N6NaO4. The zero-order valence-corrected chi connectivity index (χ0v) is 20.9. The first kappa shape index (κ1) is 23.4. The number of hydrazone groups is 1. The summed E-state index contributed by atoms with van der Waals surface area (Å²) in [6, 6.07) is 11.8. The maximum Gasteiger partial charge on any atom is 1.00 e. The molecule has 0 amide bonds. The van der Waals surface area contributed by atoms with Gasteiger partial charge in [0.2, 0.25) is 11.6 Å². The standard InChI is InChI=1S/C18H10Br2N6O4.Na.H/c19-11-5-8(26-18(29)22-16(28)13(7-21)25-26)6-12(20)14(11)30-17-10-4-2-1-3-9(10)15(27)23-24-17;;/h1-6,15,23,27H,(H,22,28,29);;/q;+1;-1. The van der Waals surface area contributed by atoms with Gasteiger partial charge in [-0.2, -0.15) is 9.94 Å². The first-order valence-electron chi connectivity index (χ1n) is 8.30. The molecule has 1 atom stereocenters. The Bertz CT molecular complexity index is 1350. The summed E-state index contributed by atoms with van der Waals surface area (Å²) < 4.78 is 7.72. The Hall–Kier alpha value is -2.27. The van der Waals surface area contributed by atoms with E-state index in [9.17, 15) is 14.7 Å². The Morgan fingerprint density at radius 3 is 2.58 bits per heavy atom. The second-order valence-corrected chi connectivity index (χ2v) is 7.72. The number of halogens is 2. The van der Waals surface area contributed by atoms with Gasteiger partial charge in [-0.15, -0.1) is 10.2 Å². The Morgan fingerprint density at radius 2 is 1.90 bits per heavy atom. The van der Waals surface area contributed by atoms with Gasteiger partial charge in [-0.3, -0.25) is 15.2 Å². The molecule has 0 fully saturated rings. The van der Waals surface area contributed by atoms with Crippen LogP contribution >= 0.6 is 31.9 Å². The predicted molar refractivity (Wildman–Crippen MR) is 113 cm³/mol. The number of nitrogens with one attached hydrogen (secondary N) is 2. The molecule has 2 heterocycles. The third-order valence-electron chi connectivity index (χ3n) is 4.13. The number of rotatable bonds is 2. The van der Waals surface area contributed by atoms with Crippen molar-refractivity contribution in [1.82, 2.24) is 20.2 Å². The Balaban J connectivity index is 0.00000181. The third kappa shape index (κ3) is 4.52. The van der Waals surface area contributed by atoms with E-state index >= 15 is 0 Å². The number of nitriles is 1.